The zero-order valence-corrected chi connectivity index (χ0v) is 8.96. The molecule has 0 fully saturated rings. The summed E-state index contributed by atoms with van der Waals surface area (Å²) in [5, 5.41) is 0. The van der Waals surface area contributed by atoms with Crippen molar-refractivity contribution < 1.29 is 18.3 Å². The molecule has 0 heterocycles. The molecule has 0 atom stereocenters. The summed E-state index contributed by atoms with van der Waals surface area (Å²) in [5.74, 6) is 0.954. The average Bonchev–Trinajstić information content (AvgIpc) is 2.17. The predicted octanol–water partition coefficient (Wildman–Crippen LogP) is 3.42. The Hall–Kier alpha value is -1.32. The van der Waals surface area contributed by atoms with E-state index in [1.165, 1.54) is 13.2 Å². The molecule has 1 aromatic rings. The quantitative estimate of drug-likeness (QED) is 0.767. The Morgan fingerprint density at radius 1 is 1.20 bits per heavy atom. The van der Waals surface area contributed by atoms with Crippen LogP contribution in [0.1, 0.15) is 25.3 Å². The summed E-state index contributed by atoms with van der Waals surface area (Å²) < 4.78 is 33.6. The minimum Gasteiger partial charge on any atom is -0.497 e. The topological polar surface area (TPSA) is 18.5 Å². The number of ether oxygens (including phenoxy) is 2. The molecule has 0 saturated heterocycles. The second-order valence-corrected chi connectivity index (χ2v) is 3.44. The number of methoxy groups -OCH3 is 1. The van der Waals surface area contributed by atoms with Gasteiger partial charge in [-0.05, 0) is 24.1 Å². The summed E-state index contributed by atoms with van der Waals surface area (Å²) >= 11 is 0. The fraction of sp³-hybridized carbons (Fsp3) is 0.455. The van der Waals surface area contributed by atoms with E-state index < -0.39 is 6.61 Å². The first-order valence-electron chi connectivity index (χ1n) is 4.67. The number of benzene rings is 1. The van der Waals surface area contributed by atoms with E-state index in [1.54, 1.807) is 12.1 Å². The molecule has 0 spiro atoms. The van der Waals surface area contributed by atoms with Gasteiger partial charge in [-0.3, -0.25) is 0 Å². The van der Waals surface area contributed by atoms with Crippen LogP contribution in [-0.2, 0) is 0 Å². The lowest BCUT2D eigenvalue weighted by molar-refractivity contribution is -0.0505. The molecule has 0 bridgehead atoms. The van der Waals surface area contributed by atoms with Gasteiger partial charge in [0.25, 0.3) is 0 Å². The molecule has 15 heavy (non-hydrogen) atoms. The van der Waals surface area contributed by atoms with Crippen molar-refractivity contribution >= 4 is 0 Å². The standard InChI is InChI=1S/C11H14F2O2/c1-7(2)9-6-8(14-3)4-5-10(9)15-11(12)13/h4-7,11H,1-3H3. The van der Waals surface area contributed by atoms with Crippen molar-refractivity contribution in [1.29, 1.82) is 0 Å². The maximum atomic E-state index is 12.1. The normalized spacial score (nSPS) is 10.9. The predicted molar refractivity (Wildman–Crippen MR) is 53.7 cm³/mol. The van der Waals surface area contributed by atoms with Crippen molar-refractivity contribution in [1.82, 2.24) is 0 Å². The van der Waals surface area contributed by atoms with Crippen molar-refractivity contribution in [2.75, 3.05) is 7.11 Å². The van der Waals surface area contributed by atoms with E-state index in [4.69, 9.17) is 4.74 Å². The minimum absolute atomic E-state index is 0.105. The first-order chi connectivity index (χ1) is 7.04. The number of rotatable bonds is 4. The van der Waals surface area contributed by atoms with E-state index in [2.05, 4.69) is 4.74 Å². The lowest BCUT2D eigenvalue weighted by atomic mass is 10.0. The largest absolute Gasteiger partial charge is 0.497 e. The van der Waals surface area contributed by atoms with Gasteiger partial charge in [0, 0.05) is 5.56 Å². The maximum Gasteiger partial charge on any atom is 0.387 e. The van der Waals surface area contributed by atoms with E-state index in [0.717, 1.165) is 5.56 Å². The molecule has 0 aliphatic carbocycles. The Morgan fingerprint density at radius 3 is 2.33 bits per heavy atom. The van der Waals surface area contributed by atoms with E-state index in [1.807, 2.05) is 13.8 Å². The van der Waals surface area contributed by atoms with Crippen LogP contribution in [0.5, 0.6) is 11.5 Å². The van der Waals surface area contributed by atoms with E-state index in [9.17, 15) is 8.78 Å². The number of hydrogen-bond donors (Lipinski definition) is 0. The SMILES string of the molecule is COc1ccc(OC(F)F)c(C(C)C)c1. The molecule has 0 unspecified atom stereocenters. The van der Waals surface area contributed by atoms with Crippen LogP contribution in [0.3, 0.4) is 0 Å². The van der Waals surface area contributed by atoms with Gasteiger partial charge in [0.05, 0.1) is 7.11 Å². The molecule has 84 valence electrons. The van der Waals surface area contributed by atoms with Crippen LogP contribution < -0.4 is 9.47 Å². The van der Waals surface area contributed by atoms with Gasteiger partial charge in [-0.15, -0.1) is 0 Å². The molecule has 0 N–H and O–H groups in total. The van der Waals surface area contributed by atoms with Gasteiger partial charge in [-0.2, -0.15) is 8.78 Å². The Morgan fingerprint density at radius 2 is 1.87 bits per heavy atom. The van der Waals surface area contributed by atoms with Crippen molar-refractivity contribution in [2.45, 2.75) is 26.4 Å². The highest BCUT2D eigenvalue weighted by molar-refractivity contribution is 5.42. The summed E-state index contributed by atoms with van der Waals surface area (Å²) in [7, 11) is 1.53. The smallest absolute Gasteiger partial charge is 0.387 e. The summed E-state index contributed by atoms with van der Waals surface area (Å²) in [6.45, 7) is 1.02. The van der Waals surface area contributed by atoms with Crippen LogP contribution >= 0.6 is 0 Å². The maximum absolute atomic E-state index is 12.1. The van der Waals surface area contributed by atoms with E-state index in [-0.39, 0.29) is 11.7 Å². The molecule has 0 aliphatic rings. The van der Waals surface area contributed by atoms with Gasteiger partial charge >= 0.3 is 6.61 Å². The molecule has 0 aromatic heterocycles. The van der Waals surface area contributed by atoms with E-state index >= 15 is 0 Å². The second kappa shape index (κ2) is 4.96. The van der Waals surface area contributed by atoms with Gasteiger partial charge in [0.15, 0.2) is 0 Å². The van der Waals surface area contributed by atoms with Crippen LogP contribution in [-0.4, -0.2) is 13.7 Å². The number of alkyl halides is 2. The van der Waals surface area contributed by atoms with Gasteiger partial charge in [0.2, 0.25) is 0 Å². The number of hydrogen-bond acceptors (Lipinski definition) is 2. The average molecular weight is 216 g/mol. The Bertz CT molecular complexity index is 324. The fourth-order valence-corrected chi connectivity index (χ4v) is 1.31. The van der Waals surface area contributed by atoms with Crippen LogP contribution in [0.4, 0.5) is 8.78 Å². The Labute approximate surface area is 87.8 Å². The van der Waals surface area contributed by atoms with Crippen molar-refractivity contribution in [3.05, 3.63) is 23.8 Å². The fourth-order valence-electron chi connectivity index (χ4n) is 1.31. The molecular formula is C11H14F2O2. The first kappa shape index (κ1) is 11.8. The summed E-state index contributed by atoms with van der Waals surface area (Å²) in [6, 6.07) is 4.81. The molecule has 0 radical (unpaired) electrons. The highest BCUT2D eigenvalue weighted by atomic mass is 19.3. The molecule has 4 heteroatoms. The lowest BCUT2D eigenvalue weighted by Crippen LogP contribution is -2.05. The van der Waals surface area contributed by atoms with Crippen molar-refractivity contribution in [2.24, 2.45) is 0 Å². The third-order valence-electron chi connectivity index (χ3n) is 2.06. The van der Waals surface area contributed by atoms with Crippen LogP contribution in [0, 0.1) is 0 Å². The molecule has 0 amide bonds. The molecular weight excluding hydrogens is 202 g/mol. The monoisotopic (exact) mass is 216 g/mol. The molecule has 0 saturated carbocycles. The van der Waals surface area contributed by atoms with Gasteiger partial charge < -0.3 is 9.47 Å². The van der Waals surface area contributed by atoms with Crippen molar-refractivity contribution in [3.63, 3.8) is 0 Å². The third-order valence-corrected chi connectivity index (χ3v) is 2.06. The Kier molecular flexibility index (Phi) is 3.88. The second-order valence-electron chi connectivity index (χ2n) is 3.44. The lowest BCUT2D eigenvalue weighted by Gasteiger charge is -2.14. The first-order valence-corrected chi connectivity index (χ1v) is 4.67. The zero-order valence-electron chi connectivity index (χ0n) is 8.96. The third kappa shape index (κ3) is 3.08. The molecule has 2 nitrogen and oxygen atoms in total. The van der Waals surface area contributed by atoms with Crippen molar-refractivity contribution in [3.8, 4) is 11.5 Å². The van der Waals surface area contributed by atoms with Gasteiger partial charge in [0.1, 0.15) is 11.5 Å². The molecule has 1 aromatic carbocycles. The molecule has 0 aliphatic heterocycles. The summed E-state index contributed by atoms with van der Waals surface area (Å²) in [5.41, 5.74) is 0.717. The van der Waals surface area contributed by atoms with Crippen LogP contribution in [0.25, 0.3) is 0 Å². The summed E-state index contributed by atoms with van der Waals surface area (Å²) in [4.78, 5) is 0. The Balaban J connectivity index is 3.03. The van der Waals surface area contributed by atoms with Crippen LogP contribution in [0.2, 0.25) is 0 Å². The van der Waals surface area contributed by atoms with E-state index in [0.29, 0.717) is 5.75 Å². The zero-order chi connectivity index (χ0) is 11.4. The highest BCUT2D eigenvalue weighted by Crippen LogP contribution is 2.31. The highest BCUT2D eigenvalue weighted by Gasteiger charge is 2.13. The van der Waals surface area contributed by atoms with Gasteiger partial charge in [-0.25, -0.2) is 0 Å². The van der Waals surface area contributed by atoms with Crippen LogP contribution in [0.15, 0.2) is 18.2 Å². The minimum atomic E-state index is -2.80. The van der Waals surface area contributed by atoms with Gasteiger partial charge in [-0.1, -0.05) is 13.8 Å². The molecule has 1 rings (SSSR count). The number of halogens is 2. The summed E-state index contributed by atoms with van der Waals surface area (Å²) in [6.07, 6.45) is 0.